The molecule has 0 radical (unpaired) electrons. The van der Waals surface area contributed by atoms with E-state index in [2.05, 4.69) is 0 Å². The lowest BCUT2D eigenvalue weighted by Gasteiger charge is -2.38. The van der Waals surface area contributed by atoms with Crippen molar-refractivity contribution in [2.45, 2.75) is 20.0 Å². The average Bonchev–Trinajstić information content (AvgIpc) is 2.71. The number of hydrogen-bond donors (Lipinski definition) is 1. The monoisotopic (exact) mass is 444 g/mol. The number of rotatable bonds is 5. The molecule has 0 unspecified atom stereocenters. The molecule has 0 aliphatic carbocycles. The van der Waals surface area contributed by atoms with Crippen molar-refractivity contribution in [3.05, 3.63) is 85.8 Å². The van der Waals surface area contributed by atoms with E-state index >= 15 is 0 Å². The molecule has 1 aliphatic rings. The van der Waals surface area contributed by atoms with E-state index in [0.29, 0.717) is 53.6 Å². The van der Waals surface area contributed by atoms with Crippen LogP contribution in [0.4, 0.5) is 11.6 Å². The maximum Gasteiger partial charge on any atom is 0.259 e. The van der Waals surface area contributed by atoms with Gasteiger partial charge in [-0.15, -0.1) is 0 Å². The fourth-order valence-electron chi connectivity index (χ4n) is 3.71. The van der Waals surface area contributed by atoms with Crippen LogP contribution in [0, 0.1) is 6.92 Å². The molecule has 6 nitrogen and oxygen atoms in total. The third-order valence-corrected chi connectivity index (χ3v) is 5.61. The topological polar surface area (TPSA) is 61.6 Å². The van der Waals surface area contributed by atoms with Gasteiger partial charge in [-0.05, 0) is 30.7 Å². The second kappa shape index (κ2) is 8.78. The molecule has 4 rings (SSSR count). The third kappa shape index (κ3) is 4.23. The number of fused-ring (bicyclic) bond motifs is 1. The van der Waals surface area contributed by atoms with E-state index in [1.54, 1.807) is 22.8 Å². The number of aromatic nitrogens is 2. The zero-order valence-electron chi connectivity index (χ0n) is 16.6. The molecule has 1 aliphatic heterocycles. The number of β-amino-alcohol motifs (C(OH)–C–C–N with tert-alkyl or cyclic N) is 1. The highest BCUT2D eigenvalue weighted by Crippen LogP contribution is 2.32. The molecular formula is C22H22Cl2N4O2. The van der Waals surface area contributed by atoms with Gasteiger partial charge in [-0.2, -0.15) is 0 Å². The van der Waals surface area contributed by atoms with Crippen molar-refractivity contribution in [1.82, 2.24) is 14.5 Å². The second-order valence-electron chi connectivity index (χ2n) is 7.33. The van der Waals surface area contributed by atoms with Gasteiger partial charge in [0.2, 0.25) is 5.95 Å². The summed E-state index contributed by atoms with van der Waals surface area (Å²) in [6.07, 6.45) is 0.516. The normalized spacial score (nSPS) is 14.1. The molecule has 30 heavy (non-hydrogen) atoms. The van der Waals surface area contributed by atoms with Gasteiger partial charge in [0.15, 0.2) is 0 Å². The highest BCUT2D eigenvalue weighted by atomic mass is 35.5. The number of anilines is 2. The zero-order chi connectivity index (χ0) is 21.3. The van der Waals surface area contributed by atoms with E-state index in [4.69, 9.17) is 28.2 Å². The molecule has 0 amide bonds. The number of aryl methyl sites for hydroxylation is 1. The summed E-state index contributed by atoms with van der Waals surface area (Å²) in [6.45, 7) is 3.10. The quantitative estimate of drug-likeness (QED) is 0.647. The summed E-state index contributed by atoms with van der Waals surface area (Å²) in [5.74, 6) is 0.543. The lowest BCUT2D eigenvalue weighted by Crippen LogP contribution is -2.48. The Kier molecular flexibility index (Phi) is 6.11. The first-order chi connectivity index (χ1) is 14.5. The summed E-state index contributed by atoms with van der Waals surface area (Å²) in [4.78, 5) is 22.1. The molecule has 0 bridgehead atoms. The molecule has 2 aromatic carbocycles. The molecule has 2 heterocycles. The highest BCUT2D eigenvalue weighted by molar-refractivity contribution is 6.35. The van der Waals surface area contributed by atoms with Gasteiger partial charge in [0.05, 0.1) is 25.6 Å². The van der Waals surface area contributed by atoms with Crippen LogP contribution in [0.1, 0.15) is 16.8 Å². The van der Waals surface area contributed by atoms with Crippen molar-refractivity contribution in [2.24, 2.45) is 0 Å². The first-order valence-corrected chi connectivity index (χ1v) is 10.4. The van der Waals surface area contributed by atoms with Crippen LogP contribution in [0.5, 0.6) is 0 Å². The molecule has 0 fully saturated rings. The van der Waals surface area contributed by atoms with E-state index in [9.17, 15) is 9.90 Å². The predicted molar refractivity (Wildman–Crippen MR) is 120 cm³/mol. The van der Waals surface area contributed by atoms with Gasteiger partial charge in [-0.25, -0.2) is 4.98 Å². The summed E-state index contributed by atoms with van der Waals surface area (Å²) < 4.78 is 1.65. The minimum Gasteiger partial charge on any atom is -0.395 e. The Hall–Kier alpha value is -2.38. The fraction of sp³-hybridized carbons (Fsp3) is 0.273. The first-order valence-electron chi connectivity index (χ1n) is 9.67. The van der Waals surface area contributed by atoms with E-state index in [-0.39, 0.29) is 12.2 Å². The summed E-state index contributed by atoms with van der Waals surface area (Å²) in [5, 5.41) is 10.5. The zero-order valence-corrected chi connectivity index (χ0v) is 18.1. The number of aliphatic hydroxyl groups is 1. The predicted octanol–water partition coefficient (Wildman–Crippen LogP) is 3.81. The summed E-state index contributed by atoms with van der Waals surface area (Å²) in [6, 6.07) is 15.1. The van der Waals surface area contributed by atoms with Gasteiger partial charge in [-0.1, -0.05) is 53.5 Å². The van der Waals surface area contributed by atoms with Gasteiger partial charge in [0.1, 0.15) is 0 Å². The molecule has 3 aromatic rings. The van der Waals surface area contributed by atoms with Crippen LogP contribution >= 0.6 is 23.2 Å². The standard InChI is InChI=1S/C22H22Cl2N4O2/c1-15-20(9-16-5-3-2-4-6-16)21(30)28-14-26(7-8-29)13-27(22(28)25-15)19-11-17(23)10-18(24)12-19/h2-6,10-12,29H,7-9,13-14H2,1H3. The molecule has 1 N–H and O–H groups in total. The van der Waals surface area contributed by atoms with E-state index in [1.165, 1.54) is 0 Å². The summed E-state index contributed by atoms with van der Waals surface area (Å²) >= 11 is 12.4. The molecular weight excluding hydrogens is 423 g/mol. The van der Waals surface area contributed by atoms with Crippen molar-refractivity contribution in [3.63, 3.8) is 0 Å². The highest BCUT2D eigenvalue weighted by Gasteiger charge is 2.28. The lowest BCUT2D eigenvalue weighted by atomic mass is 10.1. The molecule has 156 valence electrons. The first kappa shape index (κ1) is 20.9. The number of nitrogens with zero attached hydrogens (tertiary/aromatic N) is 4. The van der Waals surface area contributed by atoms with Gasteiger partial charge >= 0.3 is 0 Å². The molecule has 0 spiro atoms. The molecule has 0 saturated carbocycles. The minimum absolute atomic E-state index is 0.00954. The largest absolute Gasteiger partial charge is 0.395 e. The van der Waals surface area contributed by atoms with Gasteiger partial charge in [0.25, 0.3) is 5.56 Å². The van der Waals surface area contributed by atoms with Crippen molar-refractivity contribution < 1.29 is 5.11 Å². The van der Waals surface area contributed by atoms with Crippen molar-refractivity contribution in [3.8, 4) is 0 Å². The molecule has 8 heteroatoms. The maximum absolute atomic E-state index is 13.5. The molecule has 0 atom stereocenters. The van der Waals surface area contributed by atoms with Crippen LogP contribution in [0.2, 0.25) is 10.0 Å². The Morgan fingerprint density at radius 2 is 1.77 bits per heavy atom. The van der Waals surface area contributed by atoms with Gasteiger partial charge in [0, 0.05) is 34.3 Å². The number of benzene rings is 2. The van der Waals surface area contributed by atoms with Crippen molar-refractivity contribution in [2.75, 3.05) is 24.7 Å². The van der Waals surface area contributed by atoms with Crippen LogP contribution in [0.3, 0.4) is 0 Å². The van der Waals surface area contributed by atoms with Crippen LogP contribution < -0.4 is 10.5 Å². The Morgan fingerprint density at radius 1 is 1.07 bits per heavy atom. The SMILES string of the molecule is Cc1nc2n(c(=O)c1Cc1ccccc1)CN(CCO)CN2c1cc(Cl)cc(Cl)c1. The smallest absolute Gasteiger partial charge is 0.259 e. The second-order valence-corrected chi connectivity index (χ2v) is 8.20. The van der Waals surface area contributed by atoms with Gasteiger partial charge < -0.3 is 5.11 Å². The Morgan fingerprint density at radius 3 is 2.43 bits per heavy atom. The number of hydrogen-bond acceptors (Lipinski definition) is 5. The van der Waals surface area contributed by atoms with Crippen LogP contribution in [0.25, 0.3) is 0 Å². The van der Waals surface area contributed by atoms with E-state index in [0.717, 1.165) is 11.3 Å². The molecule has 1 aromatic heterocycles. The third-order valence-electron chi connectivity index (χ3n) is 5.17. The van der Waals surface area contributed by atoms with Crippen LogP contribution in [0.15, 0.2) is 53.3 Å². The molecule has 0 saturated heterocycles. The van der Waals surface area contributed by atoms with E-state index in [1.807, 2.05) is 47.1 Å². The number of aliphatic hydroxyl groups excluding tert-OH is 1. The lowest BCUT2D eigenvalue weighted by molar-refractivity contribution is 0.152. The van der Waals surface area contributed by atoms with Crippen LogP contribution in [-0.4, -0.2) is 39.4 Å². The summed E-state index contributed by atoms with van der Waals surface area (Å²) in [7, 11) is 0. The van der Waals surface area contributed by atoms with Crippen molar-refractivity contribution in [1.29, 1.82) is 0 Å². The Labute approximate surface area is 184 Å². The van der Waals surface area contributed by atoms with E-state index < -0.39 is 0 Å². The average molecular weight is 445 g/mol. The minimum atomic E-state index is -0.0814. The Balaban J connectivity index is 1.83. The Bertz CT molecular complexity index is 1100. The van der Waals surface area contributed by atoms with Gasteiger partial charge in [-0.3, -0.25) is 19.2 Å². The van der Waals surface area contributed by atoms with Crippen molar-refractivity contribution >= 4 is 34.8 Å². The maximum atomic E-state index is 13.5. The summed E-state index contributed by atoms with van der Waals surface area (Å²) in [5.41, 5.74) is 3.08. The fourth-order valence-corrected chi connectivity index (χ4v) is 4.22. The number of halogens is 2. The van der Waals surface area contributed by atoms with Crippen LogP contribution in [-0.2, 0) is 13.1 Å².